The highest BCUT2D eigenvalue weighted by atomic mass is 79.9. The van der Waals surface area contributed by atoms with Gasteiger partial charge in [0.15, 0.2) is 5.84 Å². The van der Waals surface area contributed by atoms with Gasteiger partial charge in [-0.15, -0.1) is 0 Å². The zero-order valence-electron chi connectivity index (χ0n) is 11.3. The van der Waals surface area contributed by atoms with Gasteiger partial charge in [-0.05, 0) is 40.9 Å². The zero-order valence-corrected chi connectivity index (χ0v) is 13.7. The summed E-state index contributed by atoms with van der Waals surface area (Å²) in [6.07, 6.45) is 0.728. The van der Waals surface area contributed by atoms with Gasteiger partial charge in [0, 0.05) is 4.47 Å². The molecule has 1 rings (SSSR count). The van der Waals surface area contributed by atoms with Gasteiger partial charge in [-0.2, -0.15) is 4.72 Å². The molecule has 0 heterocycles. The van der Waals surface area contributed by atoms with Crippen LogP contribution >= 0.6 is 15.9 Å². The molecule has 0 radical (unpaired) electrons. The van der Waals surface area contributed by atoms with E-state index in [0.29, 0.717) is 17.3 Å². The van der Waals surface area contributed by atoms with Crippen LogP contribution in [0.15, 0.2) is 38.8 Å². The van der Waals surface area contributed by atoms with E-state index >= 15 is 0 Å². The summed E-state index contributed by atoms with van der Waals surface area (Å²) in [6.45, 7) is 3.54. The summed E-state index contributed by atoms with van der Waals surface area (Å²) in [6, 6.07) is 6.47. The number of rotatable bonds is 6. The molecular weight excluding hydrogens is 346 g/mol. The lowest BCUT2D eigenvalue weighted by atomic mass is 9.93. The minimum atomic E-state index is -3.80. The standard InChI is InChI=1S/C12H18BrN3O3S/c1-3-12(4-2,11(14)15-17)16-20(18,19)10-8-6-5-7-9(10)13/h5-8,16-17H,3-4H2,1-2H3,(H2,14,15). The van der Waals surface area contributed by atoms with Crippen molar-refractivity contribution in [2.45, 2.75) is 37.1 Å². The van der Waals surface area contributed by atoms with E-state index in [0.717, 1.165) is 0 Å². The van der Waals surface area contributed by atoms with E-state index in [1.807, 2.05) is 0 Å². The number of nitrogens with two attached hydrogens (primary N) is 1. The molecule has 6 nitrogen and oxygen atoms in total. The Balaban J connectivity index is 3.27. The van der Waals surface area contributed by atoms with Gasteiger partial charge in [0.25, 0.3) is 0 Å². The van der Waals surface area contributed by atoms with Crippen LogP contribution in [0.5, 0.6) is 0 Å². The number of hydrogen-bond acceptors (Lipinski definition) is 4. The maximum atomic E-state index is 12.5. The first kappa shape index (κ1) is 16.9. The van der Waals surface area contributed by atoms with Crippen LogP contribution in [0.2, 0.25) is 0 Å². The average Bonchev–Trinajstić information content (AvgIpc) is 2.44. The minimum Gasteiger partial charge on any atom is -0.409 e. The highest BCUT2D eigenvalue weighted by molar-refractivity contribution is 9.10. The zero-order chi connectivity index (χ0) is 15.4. The first-order valence-electron chi connectivity index (χ1n) is 6.09. The van der Waals surface area contributed by atoms with Crippen molar-refractivity contribution in [1.82, 2.24) is 4.72 Å². The number of sulfonamides is 1. The molecular formula is C12H18BrN3O3S. The van der Waals surface area contributed by atoms with E-state index in [4.69, 9.17) is 10.9 Å². The van der Waals surface area contributed by atoms with Crippen molar-refractivity contribution in [2.75, 3.05) is 0 Å². The van der Waals surface area contributed by atoms with Crippen molar-refractivity contribution in [3.05, 3.63) is 28.7 Å². The van der Waals surface area contributed by atoms with Gasteiger partial charge in [0.2, 0.25) is 10.0 Å². The Kier molecular flexibility index (Phi) is 5.55. The third kappa shape index (κ3) is 3.31. The fourth-order valence-electron chi connectivity index (χ4n) is 1.88. The Hall–Kier alpha value is -1.12. The molecule has 0 aliphatic heterocycles. The molecule has 0 bridgehead atoms. The highest BCUT2D eigenvalue weighted by Crippen LogP contribution is 2.25. The van der Waals surface area contributed by atoms with E-state index in [1.54, 1.807) is 32.0 Å². The fourth-order valence-corrected chi connectivity index (χ4v) is 4.40. The molecule has 112 valence electrons. The summed E-state index contributed by atoms with van der Waals surface area (Å²) in [5.74, 6) is -0.155. The number of nitrogens with zero attached hydrogens (tertiary/aromatic N) is 1. The molecule has 0 saturated heterocycles. The Morgan fingerprint density at radius 2 is 1.95 bits per heavy atom. The Bertz CT molecular complexity index is 598. The fraction of sp³-hybridized carbons (Fsp3) is 0.417. The van der Waals surface area contributed by atoms with Crippen molar-refractivity contribution < 1.29 is 13.6 Å². The van der Waals surface area contributed by atoms with Crippen LogP contribution in [0.25, 0.3) is 0 Å². The van der Waals surface area contributed by atoms with E-state index in [1.165, 1.54) is 6.07 Å². The molecule has 0 amide bonds. The number of halogens is 1. The molecule has 4 N–H and O–H groups in total. The molecule has 0 aliphatic carbocycles. The number of amidine groups is 1. The van der Waals surface area contributed by atoms with Crippen LogP contribution in [-0.2, 0) is 10.0 Å². The number of nitrogens with one attached hydrogen (secondary N) is 1. The van der Waals surface area contributed by atoms with Gasteiger partial charge in [0.1, 0.15) is 0 Å². The average molecular weight is 364 g/mol. The van der Waals surface area contributed by atoms with Gasteiger partial charge in [-0.25, -0.2) is 8.42 Å². The number of hydrogen-bond donors (Lipinski definition) is 3. The molecule has 0 atom stereocenters. The van der Waals surface area contributed by atoms with Crippen molar-refractivity contribution in [3.63, 3.8) is 0 Å². The van der Waals surface area contributed by atoms with Crippen molar-refractivity contribution in [1.29, 1.82) is 0 Å². The van der Waals surface area contributed by atoms with Gasteiger partial charge in [-0.1, -0.05) is 31.1 Å². The summed E-state index contributed by atoms with van der Waals surface area (Å²) in [7, 11) is -3.80. The van der Waals surface area contributed by atoms with Crippen LogP contribution in [0.3, 0.4) is 0 Å². The first-order valence-corrected chi connectivity index (χ1v) is 8.37. The van der Waals surface area contributed by atoms with E-state index in [2.05, 4.69) is 25.8 Å². The van der Waals surface area contributed by atoms with Gasteiger partial charge in [0.05, 0.1) is 10.4 Å². The van der Waals surface area contributed by atoms with Crippen molar-refractivity contribution in [2.24, 2.45) is 10.9 Å². The maximum Gasteiger partial charge on any atom is 0.242 e. The second-order valence-corrected chi connectivity index (χ2v) is 6.82. The van der Waals surface area contributed by atoms with E-state index in [-0.39, 0.29) is 10.7 Å². The highest BCUT2D eigenvalue weighted by Gasteiger charge is 2.37. The molecule has 0 saturated carbocycles. The molecule has 0 fully saturated rings. The van der Waals surface area contributed by atoms with Crippen LogP contribution in [-0.4, -0.2) is 25.0 Å². The minimum absolute atomic E-state index is 0.108. The van der Waals surface area contributed by atoms with Crippen LogP contribution < -0.4 is 10.5 Å². The predicted molar refractivity (Wildman–Crippen MR) is 81.2 cm³/mol. The number of oxime groups is 1. The Morgan fingerprint density at radius 1 is 1.40 bits per heavy atom. The summed E-state index contributed by atoms with van der Waals surface area (Å²) in [4.78, 5) is 0.108. The smallest absolute Gasteiger partial charge is 0.242 e. The third-order valence-electron chi connectivity index (χ3n) is 3.26. The van der Waals surface area contributed by atoms with E-state index in [9.17, 15) is 8.42 Å². The predicted octanol–water partition coefficient (Wildman–Crippen LogP) is 2.03. The Labute approximate surface area is 127 Å². The Morgan fingerprint density at radius 3 is 2.40 bits per heavy atom. The topological polar surface area (TPSA) is 105 Å². The second-order valence-electron chi connectivity index (χ2n) is 4.31. The summed E-state index contributed by atoms with van der Waals surface area (Å²) >= 11 is 3.21. The second kappa shape index (κ2) is 6.55. The monoisotopic (exact) mass is 363 g/mol. The molecule has 0 aromatic heterocycles. The SMILES string of the molecule is CCC(CC)(NS(=O)(=O)c1ccccc1Br)/C(N)=N/O. The largest absolute Gasteiger partial charge is 0.409 e. The van der Waals surface area contributed by atoms with Crippen LogP contribution in [0.4, 0.5) is 0 Å². The lowest BCUT2D eigenvalue weighted by Gasteiger charge is -2.31. The molecule has 0 unspecified atom stereocenters. The quantitative estimate of drug-likeness (QED) is 0.311. The molecule has 1 aromatic rings. The summed E-state index contributed by atoms with van der Waals surface area (Å²) < 4.78 is 27.9. The molecule has 0 spiro atoms. The van der Waals surface area contributed by atoms with Gasteiger partial charge >= 0.3 is 0 Å². The normalized spacial score (nSPS) is 13.4. The van der Waals surface area contributed by atoms with E-state index < -0.39 is 15.6 Å². The maximum absolute atomic E-state index is 12.5. The molecule has 20 heavy (non-hydrogen) atoms. The first-order chi connectivity index (χ1) is 9.33. The lowest BCUT2D eigenvalue weighted by molar-refractivity contribution is 0.307. The summed E-state index contributed by atoms with van der Waals surface area (Å²) in [5, 5.41) is 11.8. The van der Waals surface area contributed by atoms with Crippen LogP contribution in [0, 0.1) is 0 Å². The molecule has 0 aliphatic rings. The lowest BCUT2D eigenvalue weighted by Crippen LogP contribution is -2.56. The molecule has 1 aromatic carbocycles. The number of benzene rings is 1. The van der Waals surface area contributed by atoms with Crippen LogP contribution in [0.1, 0.15) is 26.7 Å². The summed E-state index contributed by atoms with van der Waals surface area (Å²) in [5.41, 5.74) is 4.55. The third-order valence-corrected chi connectivity index (χ3v) is 5.81. The van der Waals surface area contributed by atoms with Crippen molar-refractivity contribution >= 4 is 31.8 Å². The molecule has 8 heteroatoms. The van der Waals surface area contributed by atoms with Gasteiger partial charge < -0.3 is 10.9 Å². The van der Waals surface area contributed by atoms with Crippen molar-refractivity contribution in [3.8, 4) is 0 Å². The van der Waals surface area contributed by atoms with Gasteiger partial charge in [-0.3, -0.25) is 0 Å².